The van der Waals surface area contributed by atoms with Gasteiger partial charge in [0.15, 0.2) is 0 Å². The molecule has 1 aromatic rings. The van der Waals surface area contributed by atoms with Crippen LogP contribution in [0, 0.1) is 0 Å². The molecule has 0 spiro atoms. The number of hydrogen-bond acceptors (Lipinski definition) is 4. The molecule has 27 heavy (non-hydrogen) atoms. The lowest BCUT2D eigenvalue weighted by molar-refractivity contribution is -0.146. The van der Waals surface area contributed by atoms with E-state index in [1.54, 1.807) is 20.8 Å². The van der Waals surface area contributed by atoms with Crippen molar-refractivity contribution in [3.05, 3.63) is 46.5 Å². The highest BCUT2D eigenvalue weighted by molar-refractivity contribution is 6.30. The SMILES string of the molecule is CC(C)(C)OC(=O)N1CCN(C2C=CCc3cc(Cl)ccc32)CC1C(=O)O. The molecule has 0 aromatic heterocycles. The minimum Gasteiger partial charge on any atom is -0.480 e. The van der Waals surface area contributed by atoms with Crippen molar-refractivity contribution in [2.45, 2.75) is 44.9 Å². The van der Waals surface area contributed by atoms with Crippen molar-refractivity contribution in [3.8, 4) is 0 Å². The van der Waals surface area contributed by atoms with Crippen molar-refractivity contribution in [1.82, 2.24) is 9.80 Å². The lowest BCUT2D eigenvalue weighted by atomic mass is 9.91. The topological polar surface area (TPSA) is 70.1 Å². The highest BCUT2D eigenvalue weighted by atomic mass is 35.5. The highest BCUT2D eigenvalue weighted by Crippen LogP contribution is 2.33. The Balaban J connectivity index is 1.79. The molecule has 1 aliphatic carbocycles. The van der Waals surface area contributed by atoms with Gasteiger partial charge in [-0.2, -0.15) is 0 Å². The molecule has 2 unspecified atom stereocenters. The summed E-state index contributed by atoms with van der Waals surface area (Å²) in [7, 11) is 0. The molecule has 1 fully saturated rings. The maximum atomic E-state index is 12.4. The summed E-state index contributed by atoms with van der Waals surface area (Å²) >= 11 is 6.11. The standard InChI is InChI=1S/C20H25ClN2O4/c1-20(2,3)27-19(26)23-10-9-22(12-17(23)18(24)25)16-6-4-5-13-11-14(21)7-8-15(13)16/h4,6-8,11,16-17H,5,9-10,12H2,1-3H3,(H,24,25). The maximum Gasteiger partial charge on any atom is 0.411 e. The van der Waals surface area contributed by atoms with Crippen molar-refractivity contribution in [2.75, 3.05) is 19.6 Å². The van der Waals surface area contributed by atoms with Crippen LogP contribution in [0.4, 0.5) is 4.79 Å². The molecule has 2 atom stereocenters. The predicted octanol–water partition coefficient (Wildman–Crippen LogP) is 3.50. The number of hydrogen-bond donors (Lipinski definition) is 1. The lowest BCUT2D eigenvalue weighted by Gasteiger charge is -2.43. The molecule has 3 rings (SSSR count). The smallest absolute Gasteiger partial charge is 0.411 e. The number of ether oxygens (including phenoxy) is 1. The summed E-state index contributed by atoms with van der Waals surface area (Å²) in [6.45, 7) is 6.42. The van der Waals surface area contributed by atoms with Gasteiger partial charge < -0.3 is 9.84 Å². The van der Waals surface area contributed by atoms with E-state index in [0.717, 1.165) is 17.5 Å². The van der Waals surface area contributed by atoms with E-state index in [9.17, 15) is 14.7 Å². The first-order valence-electron chi connectivity index (χ1n) is 9.07. The zero-order chi connectivity index (χ0) is 19.8. The molecule has 0 bridgehead atoms. The zero-order valence-electron chi connectivity index (χ0n) is 15.8. The number of carboxylic acid groups (broad SMARTS) is 1. The average molecular weight is 393 g/mol. The second-order valence-electron chi connectivity index (χ2n) is 7.94. The van der Waals surface area contributed by atoms with Gasteiger partial charge in [-0.1, -0.05) is 29.8 Å². The van der Waals surface area contributed by atoms with Crippen LogP contribution in [0.1, 0.15) is 37.9 Å². The number of aliphatic carboxylic acids is 1. The van der Waals surface area contributed by atoms with E-state index in [2.05, 4.69) is 17.1 Å². The molecule has 1 aromatic carbocycles. The van der Waals surface area contributed by atoms with Crippen LogP contribution in [-0.4, -0.2) is 58.2 Å². The number of benzene rings is 1. The first-order chi connectivity index (χ1) is 12.7. The molecule has 7 heteroatoms. The Morgan fingerprint density at radius 2 is 2.00 bits per heavy atom. The molecular formula is C20H25ClN2O4. The number of carbonyl (C=O) groups excluding carboxylic acids is 1. The Morgan fingerprint density at radius 1 is 1.26 bits per heavy atom. The summed E-state index contributed by atoms with van der Waals surface area (Å²) < 4.78 is 5.38. The number of carboxylic acids is 1. The van der Waals surface area contributed by atoms with Gasteiger partial charge in [-0.3, -0.25) is 9.80 Å². The molecule has 0 saturated carbocycles. The van der Waals surface area contributed by atoms with Gasteiger partial charge in [-0.25, -0.2) is 9.59 Å². The number of nitrogens with zero attached hydrogens (tertiary/aromatic N) is 2. The summed E-state index contributed by atoms with van der Waals surface area (Å²) in [6, 6.07) is 4.85. The first-order valence-corrected chi connectivity index (χ1v) is 9.45. The minimum atomic E-state index is -1.03. The second kappa shape index (κ2) is 7.52. The molecular weight excluding hydrogens is 368 g/mol. The van der Waals surface area contributed by atoms with Crippen LogP contribution < -0.4 is 0 Å². The van der Waals surface area contributed by atoms with Crippen LogP contribution >= 0.6 is 11.6 Å². The first kappa shape index (κ1) is 19.7. The molecule has 1 heterocycles. The van der Waals surface area contributed by atoms with E-state index >= 15 is 0 Å². The van der Waals surface area contributed by atoms with Crippen LogP contribution in [0.15, 0.2) is 30.4 Å². The van der Waals surface area contributed by atoms with E-state index in [1.165, 1.54) is 4.90 Å². The summed E-state index contributed by atoms with van der Waals surface area (Å²) in [5, 5.41) is 10.4. The summed E-state index contributed by atoms with van der Waals surface area (Å²) in [4.78, 5) is 27.7. The molecule has 2 aliphatic rings. The Kier molecular flexibility index (Phi) is 5.49. The molecule has 1 amide bonds. The number of fused-ring (bicyclic) bond motifs is 1. The number of amides is 1. The van der Waals surface area contributed by atoms with E-state index in [0.29, 0.717) is 18.1 Å². The number of halogens is 1. The van der Waals surface area contributed by atoms with Gasteiger partial charge in [-0.15, -0.1) is 0 Å². The van der Waals surface area contributed by atoms with Crippen LogP contribution in [0.25, 0.3) is 0 Å². The van der Waals surface area contributed by atoms with E-state index < -0.39 is 23.7 Å². The van der Waals surface area contributed by atoms with Crippen molar-refractivity contribution in [2.24, 2.45) is 0 Å². The Hall–Kier alpha value is -2.05. The van der Waals surface area contributed by atoms with E-state index in [-0.39, 0.29) is 12.6 Å². The Labute approximate surface area is 164 Å². The van der Waals surface area contributed by atoms with E-state index in [4.69, 9.17) is 16.3 Å². The number of piperazine rings is 1. The number of rotatable bonds is 2. The molecule has 6 nitrogen and oxygen atoms in total. The fourth-order valence-corrected chi connectivity index (χ4v) is 3.79. The van der Waals surface area contributed by atoms with Gasteiger partial charge in [0, 0.05) is 24.7 Å². The maximum absolute atomic E-state index is 12.4. The fourth-order valence-electron chi connectivity index (χ4n) is 3.59. The van der Waals surface area contributed by atoms with Crippen LogP contribution in [0.2, 0.25) is 5.02 Å². The predicted molar refractivity (Wildman–Crippen MR) is 103 cm³/mol. The van der Waals surface area contributed by atoms with Crippen LogP contribution in [-0.2, 0) is 16.0 Å². The van der Waals surface area contributed by atoms with Gasteiger partial charge in [0.1, 0.15) is 11.6 Å². The van der Waals surface area contributed by atoms with Gasteiger partial charge in [0.25, 0.3) is 0 Å². The van der Waals surface area contributed by atoms with Gasteiger partial charge >= 0.3 is 12.1 Å². The van der Waals surface area contributed by atoms with Gasteiger partial charge in [0.05, 0.1) is 6.04 Å². The third-order valence-corrected chi connectivity index (χ3v) is 5.03. The van der Waals surface area contributed by atoms with Crippen molar-refractivity contribution in [1.29, 1.82) is 0 Å². The van der Waals surface area contributed by atoms with Crippen LogP contribution in [0.5, 0.6) is 0 Å². The molecule has 0 radical (unpaired) electrons. The molecule has 1 N–H and O–H groups in total. The molecule has 1 saturated heterocycles. The minimum absolute atomic E-state index is 0.0198. The van der Waals surface area contributed by atoms with Gasteiger partial charge in [-0.05, 0) is 50.5 Å². The summed E-state index contributed by atoms with van der Waals surface area (Å²) in [5.41, 5.74) is 1.62. The average Bonchev–Trinajstić information content (AvgIpc) is 2.58. The Bertz CT molecular complexity index is 772. The van der Waals surface area contributed by atoms with Gasteiger partial charge in [0.2, 0.25) is 0 Å². The van der Waals surface area contributed by atoms with Crippen molar-refractivity contribution >= 4 is 23.7 Å². The molecule has 1 aliphatic heterocycles. The Morgan fingerprint density at radius 3 is 2.67 bits per heavy atom. The number of allylic oxidation sites excluding steroid dienone is 1. The summed E-state index contributed by atoms with van der Waals surface area (Å²) in [6.07, 6.45) is 4.41. The molecule has 146 valence electrons. The fraction of sp³-hybridized carbons (Fsp3) is 0.500. The quantitative estimate of drug-likeness (QED) is 0.780. The third-order valence-electron chi connectivity index (χ3n) is 4.80. The van der Waals surface area contributed by atoms with Crippen molar-refractivity contribution in [3.63, 3.8) is 0 Å². The monoisotopic (exact) mass is 392 g/mol. The highest BCUT2D eigenvalue weighted by Gasteiger charge is 2.39. The zero-order valence-corrected chi connectivity index (χ0v) is 16.6. The van der Waals surface area contributed by atoms with E-state index in [1.807, 2.05) is 18.2 Å². The summed E-state index contributed by atoms with van der Waals surface area (Å²) in [5.74, 6) is -1.03. The normalized spacial score (nSPS) is 23.0. The van der Waals surface area contributed by atoms with Crippen LogP contribution in [0.3, 0.4) is 0 Å². The second-order valence-corrected chi connectivity index (χ2v) is 8.38. The van der Waals surface area contributed by atoms with Crippen molar-refractivity contribution < 1.29 is 19.4 Å². The number of carbonyl (C=O) groups is 2. The largest absolute Gasteiger partial charge is 0.480 e. The third kappa shape index (κ3) is 4.45. The lowest BCUT2D eigenvalue weighted by Crippen LogP contribution is -2.59.